The maximum Gasteiger partial charge on any atom is 0.253 e. The van der Waals surface area contributed by atoms with Crippen LogP contribution in [0.4, 0.5) is 5.69 Å². The maximum absolute atomic E-state index is 12.9. The number of sulfonamides is 1. The first-order chi connectivity index (χ1) is 14.0. The van der Waals surface area contributed by atoms with Gasteiger partial charge in [0, 0.05) is 25.2 Å². The van der Waals surface area contributed by atoms with Crippen LogP contribution in [0.25, 0.3) is 0 Å². The quantitative estimate of drug-likeness (QED) is 0.769. The fourth-order valence-electron chi connectivity index (χ4n) is 4.32. The molecule has 0 N–H and O–H groups in total. The van der Waals surface area contributed by atoms with E-state index in [4.69, 9.17) is 0 Å². The number of rotatable bonds is 4. The molecular formula is C23H28N2O3S. The van der Waals surface area contributed by atoms with Gasteiger partial charge in [-0.1, -0.05) is 30.3 Å². The highest BCUT2D eigenvalue weighted by Gasteiger charge is 2.27. The first kappa shape index (κ1) is 20.0. The standard InChI is InChI=1S/C23H28N2O3S/c26-23(24-15-12-20(13-16-24)18-19-6-2-1-3-7-19)21-8-10-22(11-9-21)25-14-4-5-17-29(25,27)28/h1-3,6-11,20H,4-5,12-18H2. The Bertz CT molecular complexity index is 934. The first-order valence-corrected chi connectivity index (χ1v) is 12.1. The highest BCUT2D eigenvalue weighted by Crippen LogP contribution is 2.26. The average molecular weight is 413 g/mol. The second-order valence-corrected chi connectivity index (χ2v) is 10.1. The molecule has 0 spiro atoms. The minimum atomic E-state index is -3.22. The van der Waals surface area contributed by atoms with E-state index in [9.17, 15) is 13.2 Å². The highest BCUT2D eigenvalue weighted by atomic mass is 32.2. The number of carbonyl (C=O) groups is 1. The summed E-state index contributed by atoms with van der Waals surface area (Å²) >= 11 is 0. The van der Waals surface area contributed by atoms with Crippen LogP contribution < -0.4 is 4.31 Å². The van der Waals surface area contributed by atoms with Crippen molar-refractivity contribution in [3.05, 3.63) is 65.7 Å². The second kappa shape index (κ2) is 8.57. The van der Waals surface area contributed by atoms with E-state index < -0.39 is 10.0 Å². The van der Waals surface area contributed by atoms with Crippen LogP contribution in [0.15, 0.2) is 54.6 Å². The SMILES string of the molecule is O=C(c1ccc(N2CCCCS2(=O)=O)cc1)N1CCC(Cc2ccccc2)CC1. The number of hydrogen-bond donors (Lipinski definition) is 0. The zero-order valence-electron chi connectivity index (χ0n) is 16.7. The summed E-state index contributed by atoms with van der Waals surface area (Å²) < 4.78 is 26.0. The molecule has 6 heteroatoms. The van der Waals surface area contributed by atoms with E-state index in [-0.39, 0.29) is 11.7 Å². The number of likely N-dealkylation sites (tertiary alicyclic amines) is 1. The van der Waals surface area contributed by atoms with Gasteiger partial charge in [0.15, 0.2) is 0 Å². The lowest BCUT2D eigenvalue weighted by molar-refractivity contribution is 0.0690. The zero-order valence-corrected chi connectivity index (χ0v) is 17.5. The molecule has 2 saturated heterocycles. The zero-order chi connectivity index (χ0) is 20.3. The van der Waals surface area contributed by atoms with Crippen LogP contribution in [-0.4, -0.2) is 44.6 Å². The van der Waals surface area contributed by atoms with Gasteiger partial charge in [-0.05, 0) is 67.9 Å². The van der Waals surface area contributed by atoms with Gasteiger partial charge in [-0.3, -0.25) is 9.10 Å². The van der Waals surface area contributed by atoms with E-state index in [2.05, 4.69) is 24.3 Å². The van der Waals surface area contributed by atoms with Crippen LogP contribution >= 0.6 is 0 Å². The third-order valence-corrected chi connectivity index (χ3v) is 7.89. The van der Waals surface area contributed by atoms with Crippen molar-refractivity contribution in [1.29, 1.82) is 0 Å². The number of anilines is 1. The Morgan fingerprint density at radius 2 is 1.59 bits per heavy atom. The lowest BCUT2D eigenvalue weighted by atomic mass is 9.90. The number of benzene rings is 2. The Hall–Kier alpha value is -2.34. The summed E-state index contributed by atoms with van der Waals surface area (Å²) in [5.41, 5.74) is 2.65. The molecular weight excluding hydrogens is 384 g/mol. The molecule has 0 aromatic heterocycles. The lowest BCUT2D eigenvalue weighted by Crippen LogP contribution is -2.39. The molecule has 1 amide bonds. The number of hydrogen-bond acceptors (Lipinski definition) is 3. The van der Waals surface area contributed by atoms with Gasteiger partial charge in [0.1, 0.15) is 0 Å². The maximum atomic E-state index is 12.9. The van der Waals surface area contributed by atoms with Gasteiger partial charge in [0.05, 0.1) is 11.4 Å². The molecule has 2 fully saturated rings. The monoisotopic (exact) mass is 412 g/mol. The van der Waals surface area contributed by atoms with Crippen molar-refractivity contribution in [3.63, 3.8) is 0 Å². The molecule has 154 valence electrons. The highest BCUT2D eigenvalue weighted by molar-refractivity contribution is 7.92. The Morgan fingerprint density at radius 1 is 0.897 bits per heavy atom. The van der Waals surface area contributed by atoms with E-state index in [1.54, 1.807) is 24.3 Å². The van der Waals surface area contributed by atoms with E-state index >= 15 is 0 Å². The summed E-state index contributed by atoms with van der Waals surface area (Å²) in [5, 5.41) is 0. The number of carbonyl (C=O) groups excluding carboxylic acids is 1. The van der Waals surface area contributed by atoms with Crippen LogP contribution in [0, 0.1) is 5.92 Å². The van der Waals surface area contributed by atoms with Gasteiger partial charge in [-0.15, -0.1) is 0 Å². The summed E-state index contributed by atoms with van der Waals surface area (Å²) in [6.45, 7) is 2.07. The van der Waals surface area contributed by atoms with Gasteiger partial charge < -0.3 is 4.90 Å². The average Bonchev–Trinajstić information content (AvgIpc) is 2.74. The second-order valence-electron chi connectivity index (χ2n) is 8.07. The van der Waals surface area contributed by atoms with Crippen LogP contribution in [0.5, 0.6) is 0 Å². The Balaban J connectivity index is 1.35. The van der Waals surface area contributed by atoms with E-state index in [0.29, 0.717) is 23.7 Å². The fraction of sp³-hybridized carbons (Fsp3) is 0.435. The molecule has 0 saturated carbocycles. The molecule has 4 rings (SSSR count). The minimum Gasteiger partial charge on any atom is -0.339 e. The van der Waals surface area contributed by atoms with E-state index in [1.807, 2.05) is 11.0 Å². The summed E-state index contributed by atoms with van der Waals surface area (Å²) in [5.74, 6) is 0.857. The molecule has 0 unspecified atom stereocenters. The minimum absolute atomic E-state index is 0.0382. The Labute approximate surface area is 173 Å². The molecule has 0 radical (unpaired) electrons. The molecule has 0 atom stereocenters. The topological polar surface area (TPSA) is 57.7 Å². The smallest absolute Gasteiger partial charge is 0.253 e. The molecule has 2 heterocycles. The van der Waals surface area contributed by atoms with Gasteiger partial charge in [0.25, 0.3) is 5.91 Å². The Morgan fingerprint density at radius 3 is 2.24 bits per heavy atom. The van der Waals surface area contributed by atoms with Crippen LogP contribution in [0.1, 0.15) is 41.6 Å². The van der Waals surface area contributed by atoms with Crippen molar-refractivity contribution in [1.82, 2.24) is 4.90 Å². The van der Waals surface area contributed by atoms with Gasteiger partial charge >= 0.3 is 0 Å². The molecule has 2 aromatic carbocycles. The summed E-state index contributed by atoms with van der Waals surface area (Å²) in [6, 6.07) is 17.6. The van der Waals surface area contributed by atoms with Crippen LogP contribution in [-0.2, 0) is 16.4 Å². The predicted molar refractivity (Wildman–Crippen MR) is 116 cm³/mol. The number of nitrogens with zero attached hydrogens (tertiary/aromatic N) is 2. The van der Waals surface area contributed by atoms with Gasteiger partial charge in [-0.2, -0.15) is 0 Å². The Kier molecular flexibility index (Phi) is 5.90. The molecule has 0 bridgehead atoms. The van der Waals surface area contributed by atoms with E-state index in [1.165, 1.54) is 9.87 Å². The lowest BCUT2D eigenvalue weighted by Gasteiger charge is -2.32. The largest absolute Gasteiger partial charge is 0.339 e. The van der Waals surface area contributed by atoms with Gasteiger partial charge in [-0.25, -0.2) is 8.42 Å². The predicted octanol–water partition coefficient (Wildman–Crippen LogP) is 3.71. The van der Waals surface area contributed by atoms with Crippen molar-refractivity contribution >= 4 is 21.6 Å². The van der Waals surface area contributed by atoms with Crippen LogP contribution in [0.3, 0.4) is 0 Å². The van der Waals surface area contributed by atoms with E-state index in [0.717, 1.165) is 45.2 Å². The third kappa shape index (κ3) is 4.64. The van der Waals surface area contributed by atoms with Crippen molar-refractivity contribution in [3.8, 4) is 0 Å². The molecule has 2 aliphatic rings. The van der Waals surface area contributed by atoms with Gasteiger partial charge in [0.2, 0.25) is 10.0 Å². The molecule has 5 nitrogen and oxygen atoms in total. The van der Waals surface area contributed by atoms with Crippen molar-refractivity contribution in [2.24, 2.45) is 5.92 Å². The molecule has 0 aliphatic carbocycles. The van der Waals surface area contributed by atoms with Crippen molar-refractivity contribution in [2.75, 3.05) is 29.7 Å². The molecule has 2 aliphatic heterocycles. The van der Waals surface area contributed by atoms with Crippen LogP contribution in [0.2, 0.25) is 0 Å². The fourth-order valence-corrected chi connectivity index (χ4v) is 5.96. The summed E-state index contributed by atoms with van der Waals surface area (Å²) in [4.78, 5) is 14.8. The molecule has 29 heavy (non-hydrogen) atoms. The normalized spacial score (nSPS) is 19.9. The number of amides is 1. The number of piperidine rings is 1. The summed E-state index contributed by atoms with van der Waals surface area (Å²) in [6.07, 6.45) is 4.70. The summed E-state index contributed by atoms with van der Waals surface area (Å²) in [7, 11) is -3.22. The van der Waals surface area contributed by atoms with Crippen molar-refractivity contribution in [2.45, 2.75) is 32.1 Å². The third-order valence-electron chi connectivity index (χ3n) is 6.02. The molecule has 2 aromatic rings. The van der Waals surface area contributed by atoms with Crippen molar-refractivity contribution < 1.29 is 13.2 Å². The first-order valence-electron chi connectivity index (χ1n) is 10.5.